The molecule has 132 valence electrons. The third-order valence-electron chi connectivity index (χ3n) is 7.26. The first kappa shape index (κ1) is 15.6. The molecule has 0 radical (unpaired) electrons. The zero-order valence-electron chi connectivity index (χ0n) is 14.8. The van der Waals surface area contributed by atoms with Crippen molar-refractivity contribution in [2.75, 3.05) is 0 Å². The molecule has 2 unspecified atom stereocenters. The SMILES string of the molecule is O=c1c2c(sc3cc(-c4cccs4)ccc13)CC(C1CC13CCC3)CC2. The monoisotopic (exact) mass is 378 g/mol. The van der Waals surface area contributed by atoms with E-state index in [2.05, 4.69) is 35.7 Å². The Morgan fingerprint density at radius 1 is 1.15 bits per heavy atom. The Labute approximate surface area is 161 Å². The zero-order chi connectivity index (χ0) is 17.3. The third-order valence-corrected chi connectivity index (χ3v) is 9.40. The molecule has 2 aromatic heterocycles. The van der Waals surface area contributed by atoms with Gasteiger partial charge in [0.1, 0.15) is 0 Å². The van der Waals surface area contributed by atoms with E-state index in [0.29, 0.717) is 5.43 Å². The van der Waals surface area contributed by atoms with Crippen molar-refractivity contribution in [2.24, 2.45) is 17.3 Å². The average molecular weight is 379 g/mol. The zero-order valence-corrected chi connectivity index (χ0v) is 16.4. The van der Waals surface area contributed by atoms with Gasteiger partial charge in [-0.3, -0.25) is 4.79 Å². The molecule has 1 spiro atoms. The smallest absolute Gasteiger partial charge is 0.191 e. The molecule has 3 aliphatic carbocycles. The van der Waals surface area contributed by atoms with Crippen molar-refractivity contribution in [1.82, 2.24) is 0 Å². The quantitative estimate of drug-likeness (QED) is 0.512. The molecule has 0 amide bonds. The molecule has 2 saturated carbocycles. The summed E-state index contributed by atoms with van der Waals surface area (Å²) in [6.07, 6.45) is 9.26. The van der Waals surface area contributed by atoms with Crippen LogP contribution in [-0.4, -0.2) is 0 Å². The summed E-state index contributed by atoms with van der Waals surface area (Å²) >= 11 is 3.66. The van der Waals surface area contributed by atoms with Crippen LogP contribution in [-0.2, 0) is 12.8 Å². The number of benzene rings is 1. The maximum Gasteiger partial charge on any atom is 0.191 e. The van der Waals surface area contributed by atoms with Gasteiger partial charge in [-0.15, -0.1) is 22.7 Å². The van der Waals surface area contributed by atoms with Gasteiger partial charge in [0.25, 0.3) is 0 Å². The Kier molecular flexibility index (Phi) is 3.31. The van der Waals surface area contributed by atoms with Gasteiger partial charge in [0.15, 0.2) is 5.43 Å². The Morgan fingerprint density at radius 2 is 2.08 bits per heavy atom. The summed E-state index contributed by atoms with van der Waals surface area (Å²) in [5.41, 5.74) is 3.42. The minimum absolute atomic E-state index is 0.305. The highest BCUT2D eigenvalue weighted by Gasteiger charge is 2.59. The number of thiophene rings is 1. The van der Waals surface area contributed by atoms with Gasteiger partial charge in [0.05, 0.1) is 0 Å². The van der Waals surface area contributed by atoms with Crippen molar-refractivity contribution < 1.29 is 0 Å². The standard InChI is InChI=1S/C23H22OS2/c24-22-16-6-4-14(18-13-23(18)8-2-9-23)11-20(16)26-21-12-15(5-7-17(21)22)19-3-1-10-25-19/h1,3,5,7,10,12,14,18H,2,4,6,8-9,11,13H2. The fraction of sp³-hybridized carbons (Fsp3) is 0.435. The van der Waals surface area contributed by atoms with E-state index >= 15 is 0 Å². The summed E-state index contributed by atoms with van der Waals surface area (Å²) in [6.45, 7) is 0. The average Bonchev–Trinajstić information content (AvgIpc) is 3.18. The second kappa shape index (κ2) is 5.53. The first-order valence-corrected chi connectivity index (χ1v) is 11.6. The van der Waals surface area contributed by atoms with Crippen LogP contribution < -0.4 is 5.43 Å². The lowest BCUT2D eigenvalue weighted by atomic mass is 9.74. The lowest BCUT2D eigenvalue weighted by Gasteiger charge is -2.31. The van der Waals surface area contributed by atoms with E-state index in [9.17, 15) is 4.79 Å². The number of hydrogen-bond acceptors (Lipinski definition) is 3. The van der Waals surface area contributed by atoms with Crippen LogP contribution in [0.2, 0.25) is 0 Å². The molecule has 0 saturated heterocycles. The molecule has 0 bridgehead atoms. The van der Waals surface area contributed by atoms with E-state index in [0.717, 1.165) is 41.0 Å². The molecule has 2 fully saturated rings. The highest BCUT2D eigenvalue weighted by atomic mass is 32.1. The van der Waals surface area contributed by atoms with Crippen molar-refractivity contribution in [2.45, 2.75) is 44.9 Å². The molecule has 1 aromatic carbocycles. The second-order valence-electron chi connectivity index (χ2n) is 8.55. The Hall–Kier alpha value is -1.45. The van der Waals surface area contributed by atoms with Crippen molar-refractivity contribution in [1.29, 1.82) is 0 Å². The fourth-order valence-electron chi connectivity index (χ4n) is 5.56. The topological polar surface area (TPSA) is 17.1 Å². The molecular weight excluding hydrogens is 356 g/mol. The molecule has 2 atom stereocenters. The van der Waals surface area contributed by atoms with Gasteiger partial charge in [-0.05, 0) is 84.9 Å². The van der Waals surface area contributed by atoms with Gasteiger partial charge < -0.3 is 0 Å². The van der Waals surface area contributed by atoms with Gasteiger partial charge >= 0.3 is 0 Å². The summed E-state index contributed by atoms with van der Waals surface area (Å²) < 4.78 is 1.18. The second-order valence-corrected chi connectivity index (χ2v) is 10.6. The van der Waals surface area contributed by atoms with Crippen molar-refractivity contribution in [3.63, 3.8) is 0 Å². The van der Waals surface area contributed by atoms with Crippen LogP contribution in [0.15, 0.2) is 40.5 Å². The number of fused-ring (bicyclic) bond motifs is 2. The predicted octanol–water partition coefficient (Wildman–Crippen LogP) is 6.29. The lowest BCUT2D eigenvalue weighted by molar-refractivity contribution is 0.218. The summed E-state index contributed by atoms with van der Waals surface area (Å²) in [5.74, 6) is 1.79. The Bertz CT molecular complexity index is 1060. The van der Waals surface area contributed by atoms with Gasteiger partial charge in [-0.1, -0.05) is 18.6 Å². The highest BCUT2D eigenvalue weighted by molar-refractivity contribution is 7.18. The Balaban J connectivity index is 1.40. The van der Waals surface area contributed by atoms with E-state index in [4.69, 9.17) is 0 Å². The van der Waals surface area contributed by atoms with Crippen LogP contribution in [0.1, 0.15) is 42.5 Å². The van der Waals surface area contributed by atoms with E-state index in [1.54, 1.807) is 11.3 Å². The molecule has 3 heteroatoms. The number of hydrogen-bond donors (Lipinski definition) is 0. The van der Waals surface area contributed by atoms with Crippen LogP contribution >= 0.6 is 22.7 Å². The molecule has 26 heavy (non-hydrogen) atoms. The van der Waals surface area contributed by atoms with Crippen LogP contribution in [0.4, 0.5) is 0 Å². The minimum Gasteiger partial charge on any atom is -0.289 e. The first-order valence-electron chi connectivity index (χ1n) is 9.86. The van der Waals surface area contributed by atoms with Gasteiger partial charge in [0, 0.05) is 25.4 Å². The summed E-state index contributed by atoms with van der Waals surface area (Å²) in [7, 11) is 0. The fourth-order valence-corrected chi connectivity index (χ4v) is 7.62. The van der Waals surface area contributed by atoms with E-state index in [-0.39, 0.29) is 0 Å². The predicted molar refractivity (Wildman–Crippen MR) is 111 cm³/mol. The molecule has 3 aromatic rings. The Morgan fingerprint density at radius 3 is 2.81 bits per heavy atom. The van der Waals surface area contributed by atoms with Crippen molar-refractivity contribution in [3.8, 4) is 10.4 Å². The lowest BCUT2D eigenvalue weighted by Crippen LogP contribution is -2.25. The largest absolute Gasteiger partial charge is 0.289 e. The summed E-state index contributed by atoms with van der Waals surface area (Å²) in [5, 5.41) is 3.04. The maximum atomic E-state index is 13.1. The summed E-state index contributed by atoms with van der Waals surface area (Å²) in [6, 6.07) is 10.7. The van der Waals surface area contributed by atoms with Crippen LogP contribution in [0, 0.1) is 17.3 Å². The molecule has 3 aliphatic rings. The molecule has 1 nitrogen and oxygen atoms in total. The first-order chi connectivity index (χ1) is 12.7. The molecule has 0 N–H and O–H groups in total. The maximum absolute atomic E-state index is 13.1. The van der Waals surface area contributed by atoms with E-state index in [1.165, 1.54) is 52.1 Å². The van der Waals surface area contributed by atoms with Crippen LogP contribution in [0.25, 0.3) is 20.5 Å². The van der Waals surface area contributed by atoms with Crippen LogP contribution in [0.3, 0.4) is 0 Å². The van der Waals surface area contributed by atoms with E-state index in [1.807, 2.05) is 11.3 Å². The molecule has 0 aliphatic heterocycles. The molecule has 2 heterocycles. The molecule has 6 rings (SSSR count). The van der Waals surface area contributed by atoms with Gasteiger partial charge in [0.2, 0.25) is 0 Å². The van der Waals surface area contributed by atoms with Gasteiger partial charge in [-0.25, -0.2) is 0 Å². The van der Waals surface area contributed by atoms with Gasteiger partial charge in [-0.2, -0.15) is 0 Å². The third kappa shape index (κ3) is 2.23. The highest BCUT2D eigenvalue weighted by Crippen LogP contribution is 2.69. The summed E-state index contributed by atoms with van der Waals surface area (Å²) in [4.78, 5) is 15.7. The van der Waals surface area contributed by atoms with Crippen molar-refractivity contribution in [3.05, 3.63) is 56.4 Å². The molecular formula is C23H22OS2. The normalized spacial score (nSPS) is 25.8. The van der Waals surface area contributed by atoms with E-state index < -0.39 is 0 Å². The van der Waals surface area contributed by atoms with Crippen molar-refractivity contribution >= 4 is 32.8 Å². The minimum atomic E-state index is 0.305. The van der Waals surface area contributed by atoms with Crippen LogP contribution in [0.5, 0.6) is 0 Å². The number of rotatable bonds is 2.